The zero-order valence-corrected chi connectivity index (χ0v) is 14.3. The first-order valence-corrected chi connectivity index (χ1v) is 7.86. The zero-order valence-electron chi connectivity index (χ0n) is 14.3. The Kier molecular flexibility index (Phi) is 4.98. The van der Waals surface area contributed by atoms with E-state index in [9.17, 15) is 9.59 Å². The lowest BCUT2D eigenvalue weighted by molar-refractivity contribution is 0.102. The molecular formula is C19H17N3O4. The van der Waals surface area contributed by atoms with Crippen molar-refractivity contribution in [3.8, 4) is 11.3 Å². The van der Waals surface area contributed by atoms with Crippen LogP contribution in [0, 0.1) is 6.92 Å². The van der Waals surface area contributed by atoms with E-state index in [1.807, 2.05) is 30.3 Å². The van der Waals surface area contributed by atoms with Crippen LogP contribution in [0.5, 0.6) is 0 Å². The maximum absolute atomic E-state index is 12.8. The summed E-state index contributed by atoms with van der Waals surface area (Å²) in [5.41, 5.74) is 2.64. The third-order valence-electron chi connectivity index (χ3n) is 3.69. The second-order valence-corrected chi connectivity index (χ2v) is 5.48. The fourth-order valence-electron chi connectivity index (χ4n) is 2.47. The molecule has 0 bridgehead atoms. The van der Waals surface area contributed by atoms with Gasteiger partial charge in [0.2, 0.25) is 0 Å². The number of aromatic nitrogens is 1. The number of anilines is 2. The van der Waals surface area contributed by atoms with Gasteiger partial charge in [0.1, 0.15) is 17.0 Å². The number of ether oxygens (including phenoxy) is 1. The molecule has 0 saturated carbocycles. The van der Waals surface area contributed by atoms with Gasteiger partial charge in [0.25, 0.3) is 5.91 Å². The fraction of sp³-hybridized carbons (Fsp3) is 0.105. The van der Waals surface area contributed by atoms with E-state index in [-0.39, 0.29) is 5.91 Å². The molecule has 0 spiro atoms. The van der Waals surface area contributed by atoms with Crippen molar-refractivity contribution in [2.45, 2.75) is 6.92 Å². The summed E-state index contributed by atoms with van der Waals surface area (Å²) < 4.78 is 9.77. The predicted octanol–water partition coefficient (Wildman–Crippen LogP) is 4.08. The first-order valence-electron chi connectivity index (χ1n) is 7.86. The van der Waals surface area contributed by atoms with Crippen LogP contribution in [-0.2, 0) is 4.74 Å². The number of hydrogen-bond acceptors (Lipinski definition) is 5. The molecule has 0 fully saturated rings. The summed E-state index contributed by atoms with van der Waals surface area (Å²) in [6.07, 6.45) is -0.588. The van der Waals surface area contributed by atoms with E-state index in [1.165, 1.54) is 7.11 Å². The summed E-state index contributed by atoms with van der Waals surface area (Å²) in [7, 11) is 1.28. The second-order valence-electron chi connectivity index (χ2n) is 5.48. The lowest BCUT2D eigenvalue weighted by atomic mass is 10.1. The Labute approximate surface area is 150 Å². The van der Waals surface area contributed by atoms with Gasteiger partial charge in [0.15, 0.2) is 0 Å². The van der Waals surface area contributed by atoms with Crippen LogP contribution < -0.4 is 10.6 Å². The van der Waals surface area contributed by atoms with Crippen molar-refractivity contribution in [2.24, 2.45) is 0 Å². The highest BCUT2D eigenvalue weighted by molar-refractivity contribution is 6.09. The average molecular weight is 351 g/mol. The number of nitrogens with one attached hydrogen (secondary N) is 2. The third kappa shape index (κ3) is 3.72. The van der Waals surface area contributed by atoms with Crippen LogP contribution in [0.2, 0.25) is 0 Å². The van der Waals surface area contributed by atoms with Gasteiger partial charge in [-0.1, -0.05) is 41.6 Å². The smallest absolute Gasteiger partial charge is 0.411 e. The Bertz CT molecular complexity index is 935. The van der Waals surface area contributed by atoms with Crippen molar-refractivity contribution >= 4 is 23.4 Å². The Balaban J connectivity index is 1.85. The highest BCUT2D eigenvalue weighted by atomic mass is 16.5. The van der Waals surface area contributed by atoms with Gasteiger partial charge in [0, 0.05) is 16.9 Å². The molecule has 7 heteroatoms. The molecule has 26 heavy (non-hydrogen) atoms. The van der Waals surface area contributed by atoms with E-state index in [4.69, 9.17) is 4.52 Å². The molecule has 2 amide bonds. The van der Waals surface area contributed by atoms with Crippen LogP contribution in [0.3, 0.4) is 0 Å². The standard InChI is InChI=1S/C19H17N3O4/c1-12-16(17(22-26-12)13-7-4-3-5-8-13)18(23)20-14-9-6-10-15(11-14)21-19(24)25-2/h3-11H,1-2H3,(H,20,23)(H,21,24). The van der Waals surface area contributed by atoms with E-state index in [0.717, 1.165) is 5.56 Å². The minimum Gasteiger partial charge on any atom is -0.453 e. The number of aryl methyl sites for hydroxylation is 1. The molecule has 2 N–H and O–H groups in total. The second kappa shape index (κ2) is 7.52. The first kappa shape index (κ1) is 17.2. The topological polar surface area (TPSA) is 93.5 Å². The van der Waals surface area contributed by atoms with Crippen molar-refractivity contribution in [1.82, 2.24) is 5.16 Å². The van der Waals surface area contributed by atoms with E-state index in [0.29, 0.717) is 28.4 Å². The van der Waals surface area contributed by atoms with E-state index in [1.54, 1.807) is 31.2 Å². The van der Waals surface area contributed by atoms with Crippen LogP contribution in [-0.4, -0.2) is 24.3 Å². The minimum atomic E-state index is -0.588. The molecule has 7 nitrogen and oxygen atoms in total. The van der Waals surface area contributed by atoms with Gasteiger partial charge in [-0.05, 0) is 25.1 Å². The van der Waals surface area contributed by atoms with E-state index >= 15 is 0 Å². The van der Waals surface area contributed by atoms with E-state index in [2.05, 4.69) is 20.5 Å². The molecule has 0 aliphatic carbocycles. The third-order valence-corrected chi connectivity index (χ3v) is 3.69. The van der Waals surface area contributed by atoms with Gasteiger partial charge >= 0.3 is 6.09 Å². The van der Waals surface area contributed by atoms with Gasteiger partial charge < -0.3 is 14.6 Å². The lowest BCUT2D eigenvalue weighted by Gasteiger charge is -2.08. The molecule has 0 aliphatic heterocycles. The SMILES string of the molecule is COC(=O)Nc1cccc(NC(=O)c2c(-c3ccccc3)noc2C)c1. The van der Waals surface area contributed by atoms with Gasteiger partial charge in [-0.3, -0.25) is 10.1 Å². The summed E-state index contributed by atoms with van der Waals surface area (Å²) in [5, 5.41) is 9.35. The van der Waals surface area contributed by atoms with E-state index < -0.39 is 6.09 Å². The van der Waals surface area contributed by atoms with Crippen molar-refractivity contribution < 1.29 is 18.8 Å². The molecule has 0 atom stereocenters. The molecule has 0 unspecified atom stereocenters. The molecule has 132 valence electrons. The van der Waals surface area contributed by atoms with Crippen LogP contribution in [0.25, 0.3) is 11.3 Å². The summed E-state index contributed by atoms with van der Waals surface area (Å²) in [4.78, 5) is 24.1. The fourth-order valence-corrected chi connectivity index (χ4v) is 2.47. The molecule has 3 rings (SSSR count). The van der Waals surface area contributed by atoms with Gasteiger partial charge in [-0.25, -0.2) is 4.79 Å². The summed E-state index contributed by atoms with van der Waals surface area (Å²) >= 11 is 0. The molecule has 0 radical (unpaired) electrons. The van der Waals surface area contributed by atoms with Gasteiger partial charge in [-0.15, -0.1) is 0 Å². The first-order chi connectivity index (χ1) is 12.6. The molecule has 0 saturated heterocycles. The quantitative estimate of drug-likeness (QED) is 0.739. The van der Waals surface area contributed by atoms with Crippen molar-refractivity contribution in [1.29, 1.82) is 0 Å². The lowest BCUT2D eigenvalue weighted by Crippen LogP contribution is -2.14. The number of nitrogens with zero attached hydrogens (tertiary/aromatic N) is 1. The highest BCUT2D eigenvalue weighted by Gasteiger charge is 2.21. The van der Waals surface area contributed by atoms with Crippen LogP contribution >= 0.6 is 0 Å². The summed E-state index contributed by atoms with van der Waals surface area (Å²) in [6, 6.07) is 16.1. The Morgan fingerprint density at radius 2 is 1.69 bits per heavy atom. The van der Waals surface area contributed by atoms with Gasteiger partial charge in [-0.2, -0.15) is 0 Å². The monoisotopic (exact) mass is 351 g/mol. The highest BCUT2D eigenvalue weighted by Crippen LogP contribution is 2.26. The molecule has 1 heterocycles. The van der Waals surface area contributed by atoms with Crippen LogP contribution in [0.15, 0.2) is 59.1 Å². The number of benzene rings is 2. The van der Waals surface area contributed by atoms with Gasteiger partial charge in [0.05, 0.1) is 7.11 Å². The van der Waals surface area contributed by atoms with Crippen LogP contribution in [0.1, 0.15) is 16.1 Å². The number of carbonyl (C=O) groups excluding carboxylic acids is 2. The number of rotatable bonds is 4. The Morgan fingerprint density at radius 3 is 2.38 bits per heavy atom. The zero-order chi connectivity index (χ0) is 18.5. The largest absolute Gasteiger partial charge is 0.453 e. The molecule has 0 aliphatic rings. The van der Waals surface area contributed by atoms with Crippen molar-refractivity contribution in [3.63, 3.8) is 0 Å². The maximum Gasteiger partial charge on any atom is 0.411 e. The average Bonchev–Trinajstić information content (AvgIpc) is 3.04. The molecular weight excluding hydrogens is 334 g/mol. The summed E-state index contributed by atoms with van der Waals surface area (Å²) in [5.74, 6) is 0.0722. The number of hydrogen-bond donors (Lipinski definition) is 2. The Morgan fingerprint density at radius 1 is 1.00 bits per heavy atom. The normalized spacial score (nSPS) is 10.2. The number of amides is 2. The maximum atomic E-state index is 12.8. The molecule has 1 aromatic heterocycles. The molecule has 3 aromatic rings. The van der Waals surface area contributed by atoms with Crippen molar-refractivity contribution in [2.75, 3.05) is 17.7 Å². The molecule has 2 aromatic carbocycles. The predicted molar refractivity (Wildman–Crippen MR) is 97.1 cm³/mol. The Hall–Kier alpha value is -3.61. The number of methoxy groups -OCH3 is 1. The van der Waals surface area contributed by atoms with Crippen LogP contribution in [0.4, 0.5) is 16.2 Å². The summed E-state index contributed by atoms with van der Waals surface area (Å²) in [6.45, 7) is 1.68. The minimum absolute atomic E-state index is 0.349. The van der Waals surface area contributed by atoms with Crippen molar-refractivity contribution in [3.05, 3.63) is 65.9 Å². The number of carbonyl (C=O) groups is 2.